The molecule has 0 bridgehead atoms. The van der Waals surface area contributed by atoms with Crippen molar-refractivity contribution in [2.24, 2.45) is 5.41 Å². The molecule has 2 fully saturated rings. The quantitative estimate of drug-likeness (QED) is 0.854. The molecule has 130 valence electrons. The van der Waals surface area contributed by atoms with Gasteiger partial charge in [-0.3, -0.25) is 9.59 Å². The second-order valence-electron chi connectivity index (χ2n) is 7.01. The zero-order valence-corrected chi connectivity index (χ0v) is 14.2. The highest BCUT2D eigenvalue weighted by Gasteiger charge is 2.42. The van der Waals surface area contributed by atoms with Crippen molar-refractivity contribution in [3.05, 3.63) is 35.9 Å². The standard InChI is InChI=1S/C19H25FN2O2/c1-2-21-14-19(9-8-16(21)23)10-12-22(13-11-19)18(24)17(20)15-6-4-3-5-7-15/h3-7,17H,2,8-14H2,1H3. The van der Waals surface area contributed by atoms with Crippen LogP contribution in [-0.2, 0) is 9.59 Å². The Balaban J connectivity index is 1.61. The summed E-state index contributed by atoms with van der Waals surface area (Å²) < 4.78 is 14.5. The number of nitrogens with zero attached hydrogens (tertiary/aromatic N) is 2. The number of carbonyl (C=O) groups excluding carboxylic acids is 2. The van der Waals surface area contributed by atoms with Crippen LogP contribution in [0, 0.1) is 5.41 Å². The molecular weight excluding hydrogens is 307 g/mol. The van der Waals surface area contributed by atoms with Gasteiger partial charge in [0.25, 0.3) is 5.91 Å². The SMILES string of the molecule is CCN1CC2(CCC1=O)CCN(C(=O)C(F)c1ccccc1)CC2. The van der Waals surface area contributed by atoms with Gasteiger partial charge >= 0.3 is 0 Å². The number of amides is 2. The number of hydrogen-bond donors (Lipinski definition) is 0. The van der Waals surface area contributed by atoms with Gasteiger partial charge in [-0.1, -0.05) is 30.3 Å². The minimum atomic E-state index is -1.58. The van der Waals surface area contributed by atoms with E-state index in [9.17, 15) is 14.0 Å². The summed E-state index contributed by atoms with van der Waals surface area (Å²) in [6.07, 6.45) is 1.61. The first-order chi connectivity index (χ1) is 11.5. The van der Waals surface area contributed by atoms with Gasteiger partial charge in [-0.2, -0.15) is 0 Å². The molecule has 2 amide bonds. The van der Waals surface area contributed by atoms with Crippen LogP contribution in [0.4, 0.5) is 4.39 Å². The van der Waals surface area contributed by atoms with Crippen molar-refractivity contribution in [3.8, 4) is 0 Å². The molecule has 2 aliphatic heterocycles. The van der Waals surface area contributed by atoms with Gasteiger partial charge in [0.05, 0.1) is 0 Å². The number of piperidine rings is 2. The maximum absolute atomic E-state index is 14.5. The Hall–Kier alpha value is -1.91. The summed E-state index contributed by atoms with van der Waals surface area (Å²) in [5.74, 6) is -0.204. The normalized spacial score (nSPS) is 21.8. The molecule has 4 nitrogen and oxygen atoms in total. The molecule has 2 saturated heterocycles. The average Bonchev–Trinajstić information content (AvgIpc) is 2.64. The first-order valence-electron chi connectivity index (χ1n) is 8.80. The van der Waals surface area contributed by atoms with E-state index in [4.69, 9.17) is 0 Å². The van der Waals surface area contributed by atoms with E-state index in [2.05, 4.69) is 0 Å². The van der Waals surface area contributed by atoms with Gasteiger partial charge in [-0.25, -0.2) is 4.39 Å². The number of benzene rings is 1. The summed E-state index contributed by atoms with van der Waals surface area (Å²) in [6.45, 7) is 4.69. The largest absolute Gasteiger partial charge is 0.342 e. The van der Waals surface area contributed by atoms with Crippen molar-refractivity contribution in [2.75, 3.05) is 26.2 Å². The van der Waals surface area contributed by atoms with E-state index in [-0.39, 0.29) is 11.3 Å². The van der Waals surface area contributed by atoms with E-state index in [1.54, 1.807) is 29.2 Å². The van der Waals surface area contributed by atoms with Gasteiger partial charge in [0.15, 0.2) is 0 Å². The zero-order chi connectivity index (χ0) is 17.2. The third kappa shape index (κ3) is 3.30. The minimum Gasteiger partial charge on any atom is -0.342 e. The fourth-order valence-corrected chi connectivity index (χ4v) is 3.92. The highest BCUT2D eigenvalue weighted by molar-refractivity contribution is 5.82. The van der Waals surface area contributed by atoms with Crippen LogP contribution in [0.25, 0.3) is 0 Å². The fraction of sp³-hybridized carbons (Fsp3) is 0.579. The summed E-state index contributed by atoms with van der Waals surface area (Å²) in [5.41, 5.74) is 0.530. The summed E-state index contributed by atoms with van der Waals surface area (Å²) >= 11 is 0. The van der Waals surface area contributed by atoms with Crippen LogP contribution in [0.1, 0.15) is 44.3 Å². The molecule has 24 heavy (non-hydrogen) atoms. The fourth-order valence-electron chi connectivity index (χ4n) is 3.92. The predicted molar refractivity (Wildman–Crippen MR) is 90.0 cm³/mol. The van der Waals surface area contributed by atoms with E-state index in [1.165, 1.54) is 0 Å². The number of hydrogen-bond acceptors (Lipinski definition) is 2. The lowest BCUT2D eigenvalue weighted by molar-refractivity contribution is -0.144. The summed E-state index contributed by atoms with van der Waals surface area (Å²) in [6, 6.07) is 8.62. The summed E-state index contributed by atoms with van der Waals surface area (Å²) in [7, 11) is 0. The maximum Gasteiger partial charge on any atom is 0.261 e. The maximum atomic E-state index is 14.5. The van der Waals surface area contributed by atoms with Crippen LogP contribution in [-0.4, -0.2) is 47.8 Å². The highest BCUT2D eigenvalue weighted by atomic mass is 19.1. The predicted octanol–water partition coefficient (Wildman–Crippen LogP) is 2.95. The van der Waals surface area contributed by atoms with E-state index in [0.717, 1.165) is 32.4 Å². The molecule has 0 saturated carbocycles. The second-order valence-corrected chi connectivity index (χ2v) is 7.01. The second kappa shape index (κ2) is 6.91. The molecule has 1 aromatic carbocycles. The molecule has 1 aromatic rings. The Labute approximate surface area is 142 Å². The third-order valence-corrected chi connectivity index (χ3v) is 5.57. The Kier molecular flexibility index (Phi) is 4.88. The van der Waals surface area contributed by atoms with Gasteiger partial charge in [0.1, 0.15) is 0 Å². The first kappa shape index (κ1) is 16.9. The number of likely N-dealkylation sites (tertiary alicyclic amines) is 2. The zero-order valence-electron chi connectivity index (χ0n) is 14.2. The monoisotopic (exact) mass is 332 g/mol. The molecule has 1 spiro atoms. The Bertz CT molecular complexity index is 597. The van der Waals surface area contributed by atoms with Crippen molar-refractivity contribution in [1.82, 2.24) is 9.80 Å². The molecule has 2 aliphatic rings. The molecule has 0 aromatic heterocycles. The molecule has 3 rings (SSSR count). The average molecular weight is 332 g/mol. The van der Waals surface area contributed by atoms with E-state index in [1.807, 2.05) is 17.9 Å². The molecule has 5 heteroatoms. The van der Waals surface area contributed by atoms with Crippen molar-refractivity contribution in [3.63, 3.8) is 0 Å². The molecule has 1 unspecified atom stereocenters. The third-order valence-electron chi connectivity index (χ3n) is 5.57. The molecule has 0 radical (unpaired) electrons. The van der Waals surface area contributed by atoms with Crippen molar-refractivity contribution < 1.29 is 14.0 Å². The van der Waals surface area contributed by atoms with Crippen LogP contribution in [0.5, 0.6) is 0 Å². The van der Waals surface area contributed by atoms with Gasteiger partial charge < -0.3 is 9.80 Å². The Morgan fingerprint density at radius 2 is 1.88 bits per heavy atom. The van der Waals surface area contributed by atoms with Gasteiger partial charge in [0.2, 0.25) is 12.1 Å². The number of carbonyl (C=O) groups is 2. The van der Waals surface area contributed by atoms with Crippen LogP contribution in [0.3, 0.4) is 0 Å². The molecular formula is C19H25FN2O2. The topological polar surface area (TPSA) is 40.6 Å². The smallest absolute Gasteiger partial charge is 0.261 e. The van der Waals surface area contributed by atoms with E-state index >= 15 is 0 Å². The van der Waals surface area contributed by atoms with Crippen LogP contribution in [0.15, 0.2) is 30.3 Å². The van der Waals surface area contributed by atoms with E-state index < -0.39 is 12.1 Å². The molecule has 0 aliphatic carbocycles. The first-order valence-corrected chi connectivity index (χ1v) is 8.80. The lowest BCUT2D eigenvalue weighted by Crippen LogP contribution is -2.52. The number of halogens is 1. The molecule has 1 atom stereocenters. The van der Waals surface area contributed by atoms with Crippen LogP contribution in [0.2, 0.25) is 0 Å². The van der Waals surface area contributed by atoms with Gasteiger partial charge in [0, 0.05) is 32.6 Å². The van der Waals surface area contributed by atoms with Crippen molar-refractivity contribution in [2.45, 2.75) is 38.8 Å². The highest BCUT2D eigenvalue weighted by Crippen LogP contribution is 2.40. The number of rotatable bonds is 3. The van der Waals surface area contributed by atoms with Gasteiger partial charge in [-0.05, 0) is 37.2 Å². The van der Waals surface area contributed by atoms with Crippen LogP contribution < -0.4 is 0 Å². The Morgan fingerprint density at radius 1 is 1.21 bits per heavy atom. The molecule has 0 N–H and O–H groups in total. The summed E-state index contributed by atoms with van der Waals surface area (Å²) in [4.78, 5) is 27.9. The van der Waals surface area contributed by atoms with Crippen LogP contribution >= 0.6 is 0 Å². The minimum absolute atomic E-state index is 0.110. The van der Waals surface area contributed by atoms with Gasteiger partial charge in [-0.15, -0.1) is 0 Å². The van der Waals surface area contributed by atoms with Crippen molar-refractivity contribution >= 4 is 11.8 Å². The molecule has 2 heterocycles. The van der Waals surface area contributed by atoms with E-state index in [0.29, 0.717) is 25.1 Å². The number of alkyl halides is 1. The Morgan fingerprint density at radius 3 is 2.50 bits per heavy atom. The van der Waals surface area contributed by atoms with Crippen molar-refractivity contribution in [1.29, 1.82) is 0 Å². The summed E-state index contributed by atoms with van der Waals surface area (Å²) in [5, 5.41) is 0. The lowest BCUT2D eigenvalue weighted by atomic mass is 9.72. The lowest BCUT2D eigenvalue weighted by Gasteiger charge is -2.47.